The van der Waals surface area contributed by atoms with Crippen molar-refractivity contribution in [2.45, 2.75) is 28.7 Å². The lowest BCUT2D eigenvalue weighted by Gasteiger charge is -2.09. The standard InChI is InChI=1S/C12H9F3S/c1-2-11(7-8-11)9-3-5-10(6-4-9)16-12(13,14)15/h1,3-6H,7-8H2. The zero-order chi connectivity index (χ0) is 11.8. The minimum atomic E-state index is -4.23. The van der Waals surface area contributed by atoms with Gasteiger partial charge in [-0.2, -0.15) is 13.2 Å². The minimum Gasteiger partial charge on any atom is -0.160 e. The summed E-state index contributed by atoms with van der Waals surface area (Å²) in [6, 6.07) is 6.34. The van der Waals surface area contributed by atoms with E-state index in [-0.39, 0.29) is 22.1 Å². The van der Waals surface area contributed by atoms with E-state index in [1.165, 1.54) is 12.1 Å². The smallest absolute Gasteiger partial charge is 0.160 e. The molecule has 0 atom stereocenters. The molecule has 0 unspecified atom stereocenters. The van der Waals surface area contributed by atoms with E-state index in [9.17, 15) is 13.2 Å². The first-order valence-electron chi connectivity index (χ1n) is 4.79. The zero-order valence-corrected chi connectivity index (χ0v) is 9.16. The van der Waals surface area contributed by atoms with Gasteiger partial charge >= 0.3 is 5.51 Å². The molecule has 0 bridgehead atoms. The molecule has 1 fully saturated rings. The quantitative estimate of drug-likeness (QED) is 0.558. The Balaban J connectivity index is 2.15. The van der Waals surface area contributed by atoms with E-state index in [0.717, 1.165) is 18.4 Å². The van der Waals surface area contributed by atoms with Crippen molar-refractivity contribution in [3.05, 3.63) is 29.8 Å². The topological polar surface area (TPSA) is 0 Å². The Labute approximate surface area is 96.2 Å². The average molecular weight is 242 g/mol. The van der Waals surface area contributed by atoms with Crippen molar-refractivity contribution in [3.63, 3.8) is 0 Å². The van der Waals surface area contributed by atoms with Crippen LogP contribution < -0.4 is 0 Å². The summed E-state index contributed by atoms with van der Waals surface area (Å²) in [5.74, 6) is 2.71. The molecule has 0 saturated heterocycles. The predicted octanol–water partition coefficient (Wildman–Crippen LogP) is 3.96. The molecule has 1 aromatic rings. The summed E-state index contributed by atoms with van der Waals surface area (Å²) >= 11 is -0.104. The van der Waals surface area contributed by atoms with Gasteiger partial charge in [-0.25, -0.2) is 0 Å². The molecular weight excluding hydrogens is 233 g/mol. The van der Waals surface area contributed by atoms with Gasteiger partial charge in [-0.05, 0) is 42.3 Å². The largest absolute Gasteiger partial charge is 0.446 e. The summed E-state index contributed by atoms with van der Waals surface area (Å²) < 4.78 is 36.3. The van der Waals surface area contributed by atoms with Crippen molar-refractivity contribution in [1.29, 1.82) is 0 Å². The molecule has 1 aromatic carbocycles. The van der Waals surface area contributed by atoms with Gasteiger partial charge in [0.25, 0.3) is 0 Å². The van der Waals surface area contributed by atoms with Gasteiger partial charge in [-0.15, -0.1) is 6.42 Å². The summed E-state index contributed by atoms with van der Waals surface area (Å²) in [5.41, 5.74) is -3.49. The van der Waals surface area contributed by atoms with Gasteiger partial charge in [-0.1, -0.05) is 18.1 Å². The van der Waals surface area contributed by atoms with Crippen LogP contribution in [0, 0.1) is 12.3 Å². The Kier molecular flexibility index (Phi) is 2.67. The Morgan fingerprint density at radius 2 is 1.75 bits per heavy atom. The Bertz CT molecular complexity index is 421. The van der Waals surface area contributed by atoms with Crippen molar-refractivity contribution in [1.82, 2.24) is 0 Å². The van der Waals surface area contributed by atoms with Crippen LogP contribution in [0.3, 0.4) is 0 Å². The zero-order valence-electron chi connectivity index (χ0n) is 8.34. The van der Waals surface area contributed by atoms with Crippen LogP contribution in [0.4, 0.5) is 13.2 Å². The summed E-state index contributed by atoms with van der Waals surface area (Å²) in [7, 11) is 0. The van der Waals surface area contributed by atoms with Crippen molar-refractivity contribution >= 4 is 11.8 Å². The third-order valence-electron chi connectivity index (χ3n) is 2.67. The van der Waals surface area contributed by atoms with Crippen LogP contribution in [0.1, 0.15) is 18.4 Å². The highest BCUT2D eigenvalue weighted by atomic mass is 32.2. The summed E-state index contributed by atoms with van der Waals surface area (Å²) in [6.45, 7) is 0. The third-order valence-corrected chi connectivity index (χ3v) is 3.41. The molecule has 2 rings (SSSR count). The van der Waals surface area contributed by atoms with Crippen LogP contribution in [0.5, 0.6) is 0 Å². The molecule has 0 amide bonds. The number of halogens is 3. The molecule has 84 valence electrons. The highest BCUT2D eigenvalue weighted by Crippen LogP contribution is 2.48. The van der Waals surface area contributed by atoms with Gasteiger partial charge in [0.2, 0.25) is 0 Å². The number of hydrogen-bond acceptors (Lipinski definition) is 1. The van der Waals surface area contributed by atoms with Gasteiger partial charge in [-0.3, -0.25) is 0 Å². The monoisotopic (exact) mass is 242 g/mol. The van der Waals surface area contributed by atoms with E-state index in [1.807, 2.05) is 0 Å². The van der Waals surface area contributed by atoms with Gasteiger partial charge in [0, 0.05) is 4.90 Å². The number of rotatable bonds is 2. The molecule has 1 saturated carbocycles. The first kappa shape index (κ1) is 11.4. The molecule has 0 aliphatic heterocycles. The molecule has 1 aliphatic rings. The van der Waals surface area contributed by atoms with Gasteiger partial charge < -0.3 is 0 Å². The predicted molar refractivity (Wildman–Crippen MR) is 58.1 cm³/mol. The third kappa shape index (κ3) is 2.35. The van der Waals surface area contributed by atoms with E-state index in [1.54, 1.807) is 12.1 Å². The lowest BCUT2D eigenvalue weighted by molar-refractivity contribution is -0.0328. The van der Waals surface area contributed by atoms with Crippen molar-refractivity contribution < 1.29 is 13.2 Å². The number of alkyl halides is 3. The maximum atomic E-state index is 12.1. The highest BCUT2D eigenvalue weighted by Gasteiger charge is 2.42. The van der Waals surface area contributed by atoms with Crippen molar-refractivity contribution in [2.24, 2.45) is 0 Å². The minimum absolute atomic E-state index is 0.104. The first-order valence-corrected chi connectivity index (χ1v) is 5.61. The maximum Gasteiger partial charge on any atom is 0.446 e. The number of hydrogen-bond donors (Lipinski definition) is 0. The number of thioether (sulfide) groups is 1. The molecule has 4 heteroatoms. The van der Waals surface area contributed by atoms with Crippen LogP contribution in [-0.4, -0.2) is 5.51 Å². The fourth-order valence-electron chi connectivity index (χ4n) is 1.62. The maximum absolute atomic E-state index is 12.1. The molecule has 0 spiro atoms. The van der Waals surface area contributed by atoms with E-state index >= 15 is 0 Å². The number of terminal acetylenes is 1. The fraction of sp³-hybridized carbons (Fsp3) is 0.333. The lowest BCUT2D eigenvalue weighted by atomic mass is 9.97. The van der Waals surface area contributed by atoms with Gasteiger partial charge in [0.1, 0.15) is 0 Å². The molecule has 16 heavy (non-hydrogen) atoms. The molecule has 1 aliphatic carbocycles. The van der Waals surface area contributed by atoms with E-state index in [0.29, 0.717) is 0 Å². The second-order valence-corrected chi connectivity index (χ2v) is 4.94. The summed E-state index contributed by atoms with van der Waals surface area (Å²) in [4.78, 5) is 0.198. The molecule has 0 aromatic heterocycles. The average Bonchev–Trinajstić information content (AvgIpc) is 2.97. The van der Waals surface area contributed by atoms with Crippen LogP contribution in [0.25, 0.3) is 0 Å². The van der Waals surface area contributed by atoms with E-state index in [2.05, 4.69) is 5.92 Å². The van der Waals surface area contributed by atoms with Crippen LogP contribution in [0.15, 0.2) is 29.2 Å². The SMILES string of the molecule is C#CC1(c2ccc(SC(F)(F)F)cc2)CC1. The fourth-order valence-corrected chi connectivity index (χ4v) is 2.16. The van der Waals surface area contributed by atoms with Gasteiger partial charge in [0.15, 0.2) is 0 Å². The molecule has 0 heterocycles. The Hall–Kier alpha value is -1.08. The molecule has 0 nitrogen and oxygen atoms in total. The molecule has 0 N–H and O–H groups in total. The Morgan fingerprint density at radius 3 is 2.12 bits per heavy atom. The highest BCUT2D eigenvalue weighted by molar-refractivity contribution is 8.00. The van der Waals surface area contributed by atoms with Crippen LogP contribution in [-0.2, 0) is 5.41 Å². The summed E-state index contributed by atoms with van der Waals surface area (Å²) in [6.07, 6.45) is 7.26. The molecular formula is C12H9F3S. The lowest BCUT2D eigenvalue weighted by Crippen LogP contribution is -2.02. The van der Waals surface area contributed by atoms with E-state index < -0.39 is 5.51 Å². The number of benzene rings is 1. The summed E-state index contributed by atoms with van der Waals surface area (Å²) in [5, 5.41) is 0. The van der Waals surface area contributed by atoms with E-state index in [4.69, 9.17) is 6.42 Å². The first-order chi connectivity index (χ1) is 7.45. The second kappa shape index (κ2) is 3.74. The second-order valence-electron chi connectivity index (χ2n) is 3.80. The van der Waals surface area contributed by atoms with Crippen molar-refractivity contribution in [3.8, 4) is 12.3 Å². The van der Waals surface area contributed by atoms with Crippen LogP contribution in [0.2, 0.25) is 0 Å². The van der Waals surface area contributed by atoms with Gasteiger partial charge in [0.05, 0.1) is 5.41 Å². The van der Waals surface area contributed by atoms with Crippen LogP contribution >= 0.6 is 11.8 Å². The molecule has 0 radical (unpaired) electrons. The van der Waals surface area contributed by atoms with Crippen molar-refractivity contribution in [2.75, 3.05) is 0 Å². The normalized spacial score (nSPS) is 17.9. The Morgan fingerprint density at radius 1 is 1.19 bits per heavy atom.